The lowest BCUT2D eigenvalue weighted by atomic mass is 10.4. The quantitative estimate of drug-likeness (QED) is 0.560. The Hall–Kier alpha value is -0.200. The van der Waals surface area contributed by atoms with Crippen molar-refractivity contribution >= 4 is 11.8 Å². The monoisotopic (exact) mass is 128 g/mol. The van der Waals surface area contributed by atoms with E-state index in [1.807, 2.05) is 11.8 Å². The molecule has 1 heterocycles. The molecule has 1 atom stereocenters. The van der Waals surface area contributed by atoms with E-state index in [-0.39, 0.29) is 0 Å². The van der Waals surface area contributed by atoms with Gasteiger partial charge in [-0.25, -0.2) is 0 Å². The second-order valence-electron chi connectivity index (χ2n) is 1.68. The number of nitrogens with one attached hydrogen (secondary N) is 1. The van der Waals surface area contributed by atoms with E-state index >= 15 is 0 Å². The van der Waals surface area contributed by atoms with Crippen molar-refractivity contribution in [2.24, 2.45) is 0 Å². The highest BCUT2D eigenvalue weighted by Gasteiger charge is 2.12. The Labute approximate surface area is 53.3 Å². The van der Waals surface area contributed by atoms with Crippen LogP contribution in [0.1, 0.15) is 6.42 Å². The molecule has 2 nitrogen and oxygen atoms in total. The van der Waals surface area contributed by atoms with Crippen LogP contribution < -0.4 is 5.32 Å². The van der Waals surface area contributed by atoms with E-state index < -0.39 is 0 Å². The fourth-order valence-corrected chi connectivity index (χ4v) is 1.64. The summed E-state index contributed by atoms with van der Waals surface area (Å²) >= 11 is 1.83. The molecule has 3 heteroatoms. The number of nitriles is 1. The van der Waals surface area contributed by atoms with Crippen LogP contribution in [-0.2, 0) is 0 Å². The minimum absolute atomic E-state index is 0.417. The van der Waals surface area contributed by atoms with Gasteiger partial charge in [-0.2, -0.15) is 5.26 Å². The SMILES string of the molecule is N#CCC1NCCS1. The van der Waals surface area contributed by atoms with Crippen molar-refractivity contribution in [3.63, 3.8) is 0 Å². The predicted octanol–water partition coefficient (Wildman–Crippen LogP) is 0.563. The second kappa shape index (κ2) is 2.95. The topological polar surface area (TPSA) is 35.8 Å². The smallest absolute Gasteiger partial charge is 0.0664 e. The number of rotatable bonds is 1. The summed E-state index contributed by atoms with van der Waals surface area (Å²) in [4.78, 5) is 0. The molecule has 8 heavy (non-hydrogen) atoms. The van der Waals surface area contributed by atoms with Gasteiger partial charge in [-0.1, -0.05) is 0 Å². The summed E-state index contributed by atoms with van der Waals surface area (Å²) in [5.41, 5.74) is 0. The van der Waals surface area contributed by atoms with E-state index in [0.29, 0.717) is 11.8 Å². The van der Waals surface area contributed by atoms with E-state index in [2.05, 4.69) is 11.4 Å². The van der Waals surface area contributed by atoms with Crippen LogP contribution in [0.3, 0.4) is 0 Å². The summed E-state index contributed by atoms with van der Waals surface area (Å²) < 4.78 is 0. The van der Waals surface area contributed by atoms with Crippen molar-refractivity contribution in [1.82, 2.24) is 5.32 Å². The average molecular weight is 128 g/mol. The highest BCUT2D eigenvalue weighted by Crippen LogP contribution is 2.15. The first-order chi connectivity index (χ1) is 3.93. The molecule has 0 radical (unpaired) electrons. The fraction of sp³-hybridized carbons (Fsp3) is 0.800. The van der Waals surface area contributed by atoms with Crippen LogP contribution in [0.2, 0.25) is 0 Å². The Bertz CT molecular complexity index is 101. The Morgan fingerprint density at radius 2 is 2.75 bits per heavy atom. The van der Waals surface area contributed by atoms with E-state index in [9.17, 15) is 0 Å². The van der Waals surface area contributed by atoms with Crippen LogP contribution in [0, 0.1) is 11.3 Å². The maximum absolute atomic E-state index is 8.22. The zero-order chi connectivity index (χ0) is 5.82. The molecule has 0 aliphatic carbocycles. The van der Waals surface area contributed by atoms with E-state index in [1.54, 1.807) is 0 Å². The molecule has 1 unspecified atom stereocenters. The predicted molar refractivity (Wildman–Crippen MR) is 34.5 cm³/mol. The lowest BCUT2D eigenvalue weighted by Crippen LogP contribution is -2.18. The lowest BCUT2D eigenvalue weighted by Gasteiger charge is -1.99. The highest BCUT2D eigenvalue weighted by molar-refractivity contribution is 8.00. The molecule has 1 aliphatic heterocycles. The first kappa shape index (κ1) is 5.93. The van der Waals surface area contributed by atoms with Gasteiger partial charge in [0.1, 0.15) is 0 Å². The number of thioether (sulfide) groups is 1. The third kappa shape index (κ3) is 1.39. The third-order valence-corrected chi connectivity index (χ3v) is 2.25. The van der Waals surface area contributed by atoms with Crippen molar-refractivity contribution < 1.29 is 0 Å². The van der Waals surface area contributed by atoms with Crippen molar-refractivity contribution in [2.45, 2.75) is 11.8 Å². The Morgan fingerprint density at radius 1 is 1.88 bits per heavy atom. The molecule has 0 aromatic rings. The Morgan fingerprint density at radius 3 is 3.25 bits per heavy atom. The fourth-order valence-electron chi connectivity index (χ4n) is 0.694. The van der Waals surface area contributed by atoms with Crippen molar-refractivity contribution in [3.05, 3.63) is 0 Å². The first-order valence-electron chi connectivity index (χ1n) is 2.65. The highest BCUT2D eigenvalue weighted by atomic mass is 32.2. The summed E-state index contributed by atoms with van der Waals surface area (Å²) in [6.07, 6.45) is 0.644. The first-order valence-corrected chi connectivity index (χ1v) is 3.70. The van der Waals surface area contributed by atoms with E-state index in [0.717, 1.165) is 12.3 Å². The largest absolute Gasteiger partial charge is 0.304 e. The zero-order valence-corrected chi connectivity index (χ0v) is 5.37. The number of hydrogen-bond donors (Lipinski definition) is 1. The normalized spacial score (nSPS) is 27.6. The molecule has 0 aromatic carbocycles. The standard InChI is InChI=1S/C5H8N2S/c6-2-1-5-7-3-4-8-5/h5,7H,1,3-4H2. The number of nitrogens with zero attached hydrogens (tertiary/aromatic N) is 1. The molecule has 0 saturated carbocycles. The van der Waals surface area contributed by atoms with Crippen molar-refractivity contribution in [1.29, 1.82) is 5.26 Å². The molecule has 0 spiro atoms. The maximum Gasteiger partial charge on any atom is 0.0664 e. The van der Waals surface area contributed by atoms with Gasteiger partial charge in [0.25, 0.3) is 0 Å². The molecule has 44 valence electrons. The average Bonchev–Trinajstić information content (AvgIpc) is 2.19. The molecular formula is C5H8N2S. The van der Waals surface area contributed by atoms with Gasteiger partial charge in [0.05, 0.1) is 17.9 Å². The van der Waals surface area contributed by atoms with Gasteiger partial charge in [-0.15, -0.1) is 11.8 Å². The van der Waals surface area contributed by atoms with Gasteiger partial charge in [0, 0.05) is 12.3 Å². The van der Waals surface area contributed by atoms with Gasteiger partial charge in [0.15, 0.2) is 0 Å². The van der Waals surface area contributed by atoms with Gasteiger partial charge in [0.2, 0.25) is 0 Å². The Kier molecular flexibility index (Phi) is 2.19. The number of hydrogen-bond acceptors (Lipinski definition) is 3. The maximum atomic E-state index is 8.22. The minimum atomic E-state index is 0.417. The molecule has 1 fully saturated rings. The van der Waals surface area contributed by atoms with Gasteiger partial charge < -0.3 is 5.32 Å². The second-order valence-corrected chi connectivity index (χ2v) is 2.99. The molecule has 0 bridgehead atoms. The summed E-state index contributed by atoms with van der Waals surface area (Å²) in [6, 6.07) is 2.13. The molecular weight excluding hydrogens is 120 g/mol. The summed E-state index contributed by atoms with van der Waals surface area (Å²) in [5.74, 6) is 1.16. The summed E-state index contributed by atoms with van der Waals surface area (Å²) in [6.45, 7) is 1.07. The van der Waals surface area contributed by atoms with Gasteiger partial charge in [-0.05, 0) is 0 Å². The van der Waals surface area contributed by atoms with Crippen LogP contribution >= 0.6 is 11.8 Å². The van der Waals surface area contributed by atoms with Crippen molar-refractivity contribution in [2.75, 3.05) is 12.3 Å². The van der Waals surface area contributed by atoms with E-state index in [1.165, 1.54) is 0 Å². The lowest BCUT2D eigenvalue weighted by molar-refractivity contribution is 0.723. The van der Waals surface area contributed by atoms with Crippen LogP contribution in [0.15, 0.2) is 0 Å². The molecule has 1 N–H and O–H groups in total. The van der Waals surface area contributed by atoms with Gasteiger partial charge in [-0.3, -0.25) is 0 Å². The molecule has 0 aromatic heterocycles. The van der Waals surface area contributed by atoms with Crippen molar-refractivity contribution in [3.8, 4) is 6.07 Å². The zero-order valence-electron chi connectivity index (χ0n) is 4.55. The molecule has 1 aliphatic rings. The third-order valence-electron chi connectivity index (χ3n) is 1.07. The Balaban J connectivity index is 2.17. The summed E-state index contributed by atoms with van der Waals surface area (Å²) in [7, 11) is 0. The molecule has 1 saturated heterocycles. The summed E-state index contributed by atoms with van der Waals surface area (Å²) in [5, 5.41) is 11.8. The van der Waals surface area contributed by atoms with Crippen LogP contribution in [-0.4, -0.2) is 17.7 Å². The molecule has 0 amide bonds. The van der Waals surface area contributed by atoms with Crippen LogP contribution in [0.25, 0.3) is 0 Å². The van der Waals surface area contributed by atoms with Crippen LogP contribution in [0.4, 0.5) is 0 Å². The minimum Gasteiger partial charge on any atom is -0.304 e. The van der Waals surface area contributed by atoms with Crippen LogP contribution in [0.5, 0.6) is 0 Å². The van der Waals surface area contributed by atoms with Gasteiger partial charge >= 0.3 is 0 Å². The van der Waals surface area contributed by atoms with E-state index in [4.69, 9.17) is 5.26 Å². The molecule has 1 rings (SSSR count).